The second-order valence-electron chi connectivity index (χ2n) is 14.7. The molecule has 270 valence electrons. The van der Waals surface area contributed by atoms with Crippen LogP contribution in [-0.4, -0.2) is 10.4 Å². The number of aliphatic imine (C=N–C) groups is 1. The molecule has 0 saturated heterocycles. The highest BCUT2D eigenvalue weighted by atomic mass is 32.1. The lowest BCUT2D eigenvalue weighted by atomic mass is 9.96. The summed E-state index contributed by atoms with van der Waals surface area (Å²) >= 11 is 3.77. The van der Waals surface area contributed by atoms with Gasteiger partial charge in [-0.15, -0.1) is 22.7 Å². The van der Waals surface area contributed by atoms with Crippen molar-refractivity contribution >= 4 is 90.7 Å². The van der Waals surface area contributed by atoms with Gasteiger partial charge in [-0.25, -0.2) is 4.99 Å². The zero-order valence-electron chi connectivity index (χ0n) is 30.7. The molecule has 3 aromatic heterocycles. The number of aromatic nitrogens is 1. The van der Waals surface area contributed by atoms with Crippen molar-refractivity contribution in [3.05, 3.63) is 199 Å². The number of hydrogen-bond donors (Lipinski definition) is 2. The van der Waals surface area contributed by atoms with Crippen LogP contribution >= 0.6 is 22.7 Å². The fourth-order valence-corrected chi connectivity index (χ4v) is 11.5. The smallest absolute Gasteiger partial charge is 0.131 e. The molecule has 57 heavy (non-hydrogen) atoms. The third-order valence-corrected chi connectivity index (χ3v) is 13.8. The maximum absolute atomic E-state index is 5.36. The van der Waals surface area contributed by atoms with Gasteiger partial charge in [0.25, 0.3) is 0 Å². The summed E-state index contributed by atoms with van der Waals surface area (Å²) in [5.74, 6) is 0.889. The summed E-state index contributed by atoms with van der Waals surface area (Å²) in [4.78, 5) is 5.36. The van der Waals surface area contributed by atoms with Crippen molar-refractivity contribution in [2.24, 2.45) is 4.99 Å². The topological polar surface area (TPSA) is 41.4 Å². The first-order valence-electron chi connectivity index (χ1n) is 19.4. The normalized spacial score (nSPS) is 15.9. The standard InChI is InChI=1S/C51H34N4S2/c1-3-15-31(16-4-1)49-52-50(32-17-5-2-6-18-32)54-51(53-49)38-24-13-28-42-45(38)37-23-11-22-36(48(37)57-42)35-21-12-29-43-46(35)47-41(27-14-30-44(47)56-43)55-39-25-9-7-19-33(39)34-20-8-10-26-40(34)55/h1-30,49,51,53H,(H,52,54). The third kappa shape index (κ3) is 5.12. The first-order chi connectivity index (χ1) is 28.3. The molecule has 4 heterocycles. The number of hydrogen-bond acceptors (Lipinski definition) is 5. The Labute approximate surface area is 337 Å². The Kier molecular flexibility index (Phi) is 7.45. The molecule has 0 spiro atoms. The Morgan fingerprint density at radius 3 is 1.84 bits per heavy atom. The highest BCUT2D eigenvalue weighted by Gasteiger charge is 2.28. The zero-order chi connectivity index (χ0) is 37.5. The molecule has 11 aromatic rings. The number of nitrogens with one attached hydrogen (secondary N) is 2. The van der Waals surface area contributed by atoms with Crippen LogP contribution in [-0.2, 0) is 0 Å². The predicted octanol–water partition coefficient (Wildman–Crippen LogP) is 13.5. The largest absolute Gasteiger partial charge is 0.350 e. The van der Waals surface area contributed by atoms with Gasteiger partial charge in [0.2, 0.25) is 0 Å². The van der Waals surface area contributed by atoms with Crippen LogP contribution in [0.2, 0.25) is 0 Å². The first kappa shape index (κ1) is 32.7. The maximum atomic E-state index is 5.36. The summed E-state index contributed by atoms with van der Waals surface area (Å²) < 4.78 is 7.61. The van der Waals surface area contributed by atoms with Crippen molar-refractivity contribution in [1.82, 2.24) is 15.2 Å². The molecule has 4 nitrogen and oxygen atoms in total. The Bertz CT molecular complexity index is 3320. The van der Waals surface area contributed by atoms with Crippen LogP contribution in [0.5, 0.6) is 0 Å². The highest BCUT2D eigenvalue weighted by Crippen LogP contribution is 2.48. The second kappa shape index (κ2) is 13.0. The van der Waals surface area contributed by atoms with E-state index in [1.54, 1.807) is 0 Å². The van der Waals surface area contributed by atoms with Crippen LogP contribution in [0.25, 0.3) is 79.0 Å². The van der Waals surface area contributed by atoms with E-state index in [1.807, 2.05) is 22.7 Å². The van der Waals surface area contributed by atoms with Crippen LogP contribution < -0.4 is 10.6 Å². The minimum atomic E-state index is -0.255. The molecule has 8 aromatic carbocycles. The Morgan fingerprint density at radius 1 is 0.474 bits per heavy atom. The molecular weight excluding hydrogens is 733 g/mol. The molecular formula is C51H34N4S2. The number of thiophene rings is 2. The molecule has 2 atom stereocenters. The van der Waals surface area contributed by atoms with E-state index < -0.39 is 0 Å². The van der Waals surface area contributed by atoms with E-state index in [0.717, 1.165) is 11.4 Å². The van der Waals surface area contributed by atoms with Crippen molar-refractivity contribution in [3.63, 3.8) is 0 Å². The van der Waals surface area contributed by atoms with Crippen LogP contribution in [0.3, 0.4) is 0 Å². The average Bonchev–Trinajstić information content (AvgIpc) is 3.97. The van der Waals surface area contributed by atoms with Gasteiger partial charge in [-0.3, -0.25) is 5.32 Å². The van der Waals surface area contributed by atoms with Gasteiger partial charge in [-0.2, -0.15) is 0 Å². The zero-order valence-corrected chi connectivity index (χ0v) is 32.3. The first-order valence-corrected chi connectivity index (χ1v) is 21.0. The molecule has 0 bridgehead atoms. The number of fused-ring (bicyclic) bond motifs is 9. The Hall–Kier alpha value is -6.57. The summed E-state index contributed by atoms with van der Waals surface area (Å²) in [5, 5.41) is 15.2. The summed E-state index contributed by atoms with van der Waals surface area (Å²) in [6, 6.07) is 65.9. The van der Waals surface area contributed by atoms with E-state index >= 15 is 0 Å². The van der Waals surface area contributed by atoms with Gasteiger partial charge in [-0.05, 0) is 47.5 Å². The van der Waals surface area contributed by atoms with Crippen molar-refractivity contribution in [3.8, 4) is 16.8 Å². The van der Waals surface area contributed by atoms with Gasteiger partial charge in [0, 0.05) is 67.8 Å². The minimum Gasteiger partial charge on any atom is -0.350 e. The van der Waals surface area contributed by atoms with Crippen LogP contribution in [0.1, 0.15) is 29.0 Å². The predicted molar refractivity (Wildman–Crippen MR) is 243 cm³/mol. The summed E-state index contributed by atoms with van der Waals surface area (Å²) in [6.45, 7) is 0. The number of para-hydroxylation sites is 2. The van der Waals surface area contributed by atoms with E-state index in [1.165, 1.54) is 90.1 Å². The average molecular weight is 767 g/mol. The molecule has 0 saturated carbocycles. The second-order valence-corrected chi connectivity index (χ2v) is 16.8. The van der Waals surface area contributed by atoms with Gasteiger partial charge in [-0.1, -0.05) is 146 Å². The van der Waals surface area contributed by atoms with Crippen LogP contribution in [0.4, 0.5) is 0 Å². The van der Waals surface area contributed by atoms with Crippen molar-refractivity contribution in [2.75, 3.05) is 0 Å². The van der Waals surface area contributed by atoms with Gasteiger partial charge in [0.1, 0.15) is 18.2 Å². The van der Waals surface area contributed by atoms with Gasteiger partial charge < -0.3 is 9.88 Å². The van der Waals surface area contributed by atoms with Gasteiger partial charge in [0.05, 0.1) is 16.7 Å². The highest BCUT2D eigenvalue weighted by molar-refractivity contribution is 7.27. The fraction of sp³-hybridized carbons (Fsp3) is 0.0392. The number of amidine groups is 1. The lowest BCUT2D eigenvalue weighted by Gasteiger charge is -2.32. The molecule has 0 radical (unpaired) electrons. The maximum Gasteiger partial charge on any atom is 0.131 e. The Morgan fingerprint density at radius 2 is 1.07 bits per heavy atom. The fourth-order valence-electron chi connectivity index (χ4n) is 9.03. The summed E-state index contributed by atoms with van der Waals surface area (Å²) in [6.07, 6.45) is -0.359. The van der Waals surface area contributed by atoms with E-state index in [0.29, 0.717) is 0 Å². The SMILES string of the molecule is c1ccc(C2=NC(c3cccc4sc5c(-c6cccc7sc8cccc(-n9c%10ccccc%10c%10ccccc%109)c8c67)cccc5c34)NC(c3ccccc3)N2)cc1. The Balaban J connectivity index is 1.07. The molecule has 1 aliphatic heterocycles. The van der Waals surface area contributed by atoms with E-state index in [-0.39, 0.29) is 12.3 Å². The van der Waals surface area contributed by atoms with Crippen molar-refractivity contribution in [1.29, 1.82) is 0 Å². The molecule has 12 rings (SSSR count). The quantitative estimate of drug-likeness (QED) is 0.183. The molecule has 0 aliphatic carbocycles. The molecule has 2 unspecified atom stereocenters. The van der Waals surface area contributed by atoms with Crippen molar-refractivity contribution in [2.45, 2.75) is 12.3 Å². The van der Waals surface area contributed by atoms with E-state index in [9.17, 15) is 0 Å². The molecule has 6 heteroatoms. The minimum absolute atomic E-state index is 0.104. The van der Waals surface area contributed by atoms with Gasteiger partial charge >= 0.3 is 0 Å². The number of nitrogens with zero attached hydrogens (tertiary/aromatic N) is 2. The van der Waals surface area contributed by atoms with Crippen molar-refractivity contribution < 1.29 is 0 Å². The lowest BCUT2D eigenvalue weighted by molar-refractivity contribution is 0.410. The van der Waals surface area contributed by atoms with Crippen LogP contribution in [0, 0.1) is 0 Å². The lowest BCUT2D eigenvalue weighted by Crippen LogP contribution is -2.44. The van der Waals surface area contributed by atoms with Crippen LogP contribution in [0.15, 0.2) is 187 Å². The summed E-state index contributed by atoms with van der Waals surface area (Å²) in [5.41, 5.74) is 9.61. The number of benzene rings is 8. The van der Waals surface area contributed by atoms with Gasteiger partial charge in [0.15, 0.2) is 0 Å². The third-order valence-electron chi connectivity index (χ3n) is 11.5. The molecule has 0 fully saturated rings. The van der Waals surface area contributed by atoms with E-state index in [4.69, 9.17) is 4.99 Å². The van der Waals surface area contributed by atoms with E-state index in [2.05, 4.69) is 197 Å². The molecule has 2 N–H and O–H groups in total. The summed E-state index contributed by atoms with van der Waals surface area (Å²) in [7, 11) is 0. The monoisotopic (exact) mass is 766 g/mol. The molecule has 1 aliphatic rings. The number of rotatable bonds is 5. The molecule has 0 amide bonds.